The van der Waals surface area contributed by atoms with Gasteiger partial charge >= 0.3 is 10.4 Å². The summed E-state index contributed by atoms with van der Waals surface area (Å²) in [5.74, 6) is 0.238. The minimum atomic E-state index is -4.67. The first-order valence-electron chi connectivity index (χ1n) is 9.68. The Morgan fingerprint density at radius 1 is 0.667 bits per heavy atom. The molecule has 4 aromatic rings. The van der Waals surface area contributed by atoms with Gasteiger partial charge in [0.25, 0.3) is 0 Å². The molecular formula is C26H25NO5S. The second-order valence-corrected chi connectivity index (χ2v) is 7.75. The number of rotatable bonds is 4. The first kappa shape index (κ1) is 25.5. The van der Waals surface area contributed by atoms with Gasteiger partial charge in [0.2, 0.25) is 0 Å². The van der Waals surface area contributed by atoms with Crippen molar-refractivity contribution in [1.29, 1.82) is 0 Å². The molecule has 0 aliphatic heterocycles. The lowest BCUT2D eigenvalue weighted by molar-refractivity contribution is 0.381. The summed E-state index contributed by atoms with van der Waals surface area (Å²) < 4.78 is 31.6. The second kappa shape index (κ2) is 11.2. The van der Waals surface area contributed by atoms with Crippen LogP contribution in [0, 0.1) is 0 Å². The lowest BCUT2D eigenvalue weighted by Crippen LogP contribution is -1.94. The molecule has 6 N–H and O–H groups in total. The smallest absolute Gasteiger partial charge is 0.394 e. The molecule has 4 rings (SSSR count). The summed E-state index contributed by atoms with van der Waals surface area (Å²) >= 11 is 0. The van der Waals surface area contributed by atoms with E-state index in [1.54, 1.807) is 6.08 Å². The average molecular weight is 464 g/mol. The van der Waals surface area contributed by atoms with Gasteiger partial charge in [-0.05, 0) is 33.9 Å². The Kier molecular flexibility index (Phi) is 8.67. The summed E-state index contributed by atoms with van der Waals surface area (Å²) in [6, 6.07) is 32.5. The SMILES string of the molecule is C=Cc1c(O)cc(-c2ccccc2)c(-c2ccccc2)c1-c1ccccc1.N.O=S(=O)(O)O. The van der Waals surface area contributed by atoms with Gasteiger partial charge in [0, 0.05) is 11.1 Å². The molecule has 0 heterocycles. The van der Waals surface area contributed by atoms with Crippen LogP contribution in [-0.4, -0.2) is 22.6 Å². The lowest BCUT2D eigenvalue weighted by Gasteiger charge is -2.20. The van der Waals surface area contributed by atoms with Crippen molar-refractivity contribution in [2.75, 3.05) is 0 Å². The molecule has 170 valence electrons. The predicted molar refractivity (Wildman–Crippen MR) is 134 cm³/mol. The van der Waals surface area contributed by atoms with Gasteiger partial charge in [-0.25, -0.2) is 0 Å². The van der Waals surface area contributed by atoms with Gasteiger partial charge < -0.3 is 11.3 Å². The zero-order valence-electron chi connectivity index (χ0n) is 17.8. The number of aromatic hydroxyl groups is 1. The van der Waals surface area contributed by atoms with Crippen LogP contribution in [0.2, 0.25) is 0 Å². The maximum atomic E-state index is 10.8. The van der Waals surface area contributed by atoms with Gasteiger partial charge in [0.05, 0.1) is 0 Å². The molecule has 0 saturated carbocycles. The van der Waals surface area contributed by atoms with Crippen molar-refractivity contribution >= 4 is 16.5 Å². The van der Waals surface area contributed by atoms with Crippen molar-refractivity contribution < 1.29 is 22.6 Å². The van der Waals surface area contributed by atoms with Crippen molar-refractivity contribution in [2.45, 2.75) is 0 Å². The van der Waals surface area contributed by atoms with Crippen LogP contribution in [0.25, 0.3) is 39.5 Å². The molecule has 0 aliphatic carbocycles. The number of hydrogen-bond acceptors (Lipinski definition) is 4. The van der Waals surface area contributed by atoms with E-state index in [1.807, 2.05) is 60.7 Å². The predicted octanol–water partition coefficient (Wildman–Crippen LogP) is 6.55. The first-order valence-corrected chi connectivity index (χ1v) is 11.1. The quantitative estimate of drug-likeness (QED) is 0.254. The highest BCUT2D eigenvalue weighted by molar-refractivity contribution is 7.79. The first-order chi connectivity index (χ1) is 15.3. The van der Waals surface area contributed by atoms with Crippen LogP contribution in [-0.2, 0) is 10.4 Å². The number of phenolic OH excluding ortho intramolecular Hbond substituents is 1. The summed E-state index contributed by atoms with van der Waals surface area (Å²) in [6.07, 6.45) is 1.74. The summed E-state index contributed by atoms with van der Waals surface area (Å²) in [7, 11) is -4.67. The molecule has 0 radical (unpaired) electrons. The Morgan fingerprint density at radius 3 is 1.42 bits per heavy atom. The minimum Gasteiger partial charge on any atom is -0.507 e. The highest BCUT2D eigenvalue weighted by Gasteiger charge is 2.19. The topological polar surface area (TPSA) is 130 Å². The van der Waals surface area contributed by atoms with E-state index in [0.717, 1.165) is 38.9 Å². The third kappa shape index (κ3) is 6.61. The Bertz CT molecular complexity index is 1300. The standard InChI is InChI=1S/C26H20O.H3N.H2O4S/c1-2-22-24(27)18-23(19-12-6-3-7-13-19)26(21-16-10-5-11-17-21)25(22)20-14-8-4-9-15-20;;1-5(2,3)4/h2-18,27H,1H2;1H3;(H2,1,2,3,4). The van der Waals surface area contributed by atoms with Crippen LogP contribution in [0.5, 0.6) is 5.75 Å². The third-order valence-electron chi connectivity index (χ3n) is 4.76. The number of hydrogen-bond donors (Lipinski definition) is 4. The van der Waals surface area contributed by atoms with Crippen LogP contribution in [0.3, 0.4) is 0 Å². The molecule has 0 spiro atoms. The molecule has 6 nitrogen and oxygen atoms in total. The van der Waals surface area contributed by atoms with Crippen LogP contribution >= 0.6 is 0 Å². The fourth-order valence-corrected chi connectivity index (χ4v) is 3.55. The van der Waals surface area contributed by atoms with Crippen LogP contribution in [0.4, 0.5) is 0 Å². The minimum absolute atomic E-state index is 0. The Morgan fingerprint density at radius 2 is 1.03 bits per heavy atom. The number of benzene rings is 4. The van der Waals surface area contributed by atoms with Crippen molar-refractivity contribution in [1.82, 2.24) is 6.15 Å². The van der Waals surface area contributed by atoms with Crippen LogP contribution < -0.4 is 6.15 Å². The summed E-state index contributed by atoms with van der Waals surface area (Å²) in [5.41, 5.74) is 7.08. The lowest BCUT2D eigenvalue weighted by atomic mass is 9.84. The van der Waals surface area contributed by atoms with E-state index < -0.39 is 10.4 Å². The third-order valence-corrected chi connectivity index (χ3v) is 4.76. The summed E-state index contributed by atoms with van der Waals surface area (Å²) in [4.78, 5) is 0. The molecule has 0 aliphatic rings. The van der Waals surface area contributed by atoms with Crippen molar-refractivity contribution in [2.24, 2.45) is 0 Å². The molecule has 33 heavy (non-hydrogen) atoms. The van der Waals surface area contributed by atoms with E-state index in [-0.39, 0.29) is 11.9 Å². The van der Waals surface area contributed by atoms with Crippen LogP contribution in [0.15, 0.2) is 104 Å². The summed E-state index contributed by atoms with van der Waals surface area (Å²) in [5, 5.41) is 10.8. The van der Waals surface area contributed by atoms with Gasteiger partial charge in [-0.3, -0.25) is 9.11 Å². The second-order valence-electron chi connectivity index (χ2n) is 6.86. The molecule has 0 amide bonds. The van der Waals surface area contributed by atoms with E-state index in [1.165, 1.54) is 0 Å². The molecule has 0 aromatic heterocycles. The molecule has 0 bridgehead atoms. The van der Waals surface area contributed by atoms with E-state index in [0.29, 0.717) is 0 Å². The molecule has 0 fully saturated rings. The van der Waals surface area contributed by atoms with E-state index in [2.05, 4.69) is 43.0 Å². The Labute approximate surface area is 193 Å². The molecule has 0 saturated heterocycles. The highest BCUT2D eigenvalue weighted by Crippen LogP contribution is 2.45. The maximum absolute atomic E-state index is 10.8. The zero-order chi connectivity index (χ0) is 23.1. The van der Waals surface area contributed by atoms with Gasteiger partial charge in [-0.1, -0.05) is 104 Å². The van der Waals surface area contributed by atoms with Crippen molar-refractivity contribution in [3.63, 3.8) is 0 Å². The Balaban J connectivity index is 0.000000583. The normalized spacial score (nSPS) is 10.4. The van der Waals surface area contributed by atoms with Gasteiger partial charge in [0.15, 0.2) is 0 Å². The average Bonchev–Trinajstić information content (AvgIpc) is 2.79. The van der Waals surface area contributed by atoms with Gasteiger partial charge in [0.1, 0.15) is 5.75 Å². The maximum Gasteiger partial charge on any atom is 0.394 e. The molecule has 4 aromatic carbocycles. The van der Waals surface area contributed by atoms with Crippen molar-refractivity contribution in [3.05, 3.63) is 109 Å². The van der Waals surface area contributed by atoms with Crippen LogP contribution in [0.1, 0.15) is 5.56 Å². The highest BCUT2D eigenvalue weighted by atomic mass is 32.3. The van der Waals surface area contributed by atoms with Gasteiger partial charge in [-0.15, -0.1) is 0 Å². The zero-order valence-corrected chi connectivity index (χ0v) is 18.6. The molecule has 7 heteroatoms. The molecular weight excluding hydrogens is 438 g/mol. The van der Waals surface area contributed by atoms with E-state index >= 15 is 0 Å². The largest absolute Gasteiger partial charge is 0.507 e. The molecule has 0 unspecified atom stereocenters. The fraction of sp³-hybridized carbons (Fsp3) is 0. The van der Waals surface area contributed by atoms with E-state index in [9.17, 15) is 5.11 Å². The Hall–Kier alpha value is -3.75. The number of phenols is 1. The fourth-order valence-electron chi connectivity index (χ4n) is 3.55. The summed E-state index contributed by atoms with van der Waals surface area (Å²) in [6.45, 7) is 3.96. The van der Waals surface area contributed by atoms with Gasteiger partial charge in [-0.2, -0.15) is 8.42 Å². The van der Waals surface area contributed by atoms with E-state index in [4.69, 9.17) is 17.5 Å². The monoisotopic (exact) mass is 463 g/mol. The molecule has 0 atom stereocenters. The van der Waals surface area contributed by atoms with Crippen molar-refractivity contribution in [3.8, 4) is 39.1 Å².